The van der Waals surface area contributed by atoms with Crippen LogP contribution in [0.2, 0.25) is 5.02 Å². The molecule has 2 aromatic heterocycles. The summed E-state index contributed by atoms with van der Waals surface area (Å²) in [6.45, 7) is 6.61. The first kappa shape index (κ1) is 28.1. The van der Waals surface area contributed by atoms with Crippen molar-refractivity contribution in [3.63, 3.8) is 0 Å². The lowest BCUT2D eigenvalue weighted by molar-refractivity contribution is -0.137. The molecule has 3 aromatic rings. The van der Waals surface area contributed by atoms with E-state index in [0.29, 0.717) is 75.0 Å². The van der Waals surface area contributed by atoms with Crippen LogP contribution in [0.4, 0.5) is 24.5 Å². The van der Waals surface area contributed by atoms with Gasteiger partial charge in [0.1, 0.15) is 12.2 Å². The van der Waals surface area contributed by atoms with Crippen LogP contribution in [0.25, 0.3) is 11.4 Å². The molecule has 40 heavy (non-hydrogen) atoms. The molecule has 14 heteroatoms. The van der Waals surface area contributed by atoms with Gasteiger partial charge in [-0.1, -0.05) is 24.6 Å². The van der Waals surface area contributed by atoms with Crippen LogP contribution in [-0.2, 0) is 28.7 Å². The summed E-state index contributed by atoms with van der Waals surface area (Å²) in [4.78, 5) is 33.7. The van der Waals surface area contributed by atoms with E-state index in [1.165, 1.54) is 10.6 Å². The topological polar surface area (TPSA) is 106 Å². The fraction of sp³-hybridized carbons (Fsp3) is 0.462. The molecule has 10 nitrogen and oxygen atoms in total. The number of hydrogen-bond acceptors (Lipinski definition) is 7. The molecular weight excluding hydrogens is 551 g/mol. The smallest absolute Gasteiger partial charge is 0.377 e. The standard InChI is InChI=1S/C26H29ClF3N7O3/c1-3-20-22(35-8-6-31-7-9-35)24(39)37-25(33-23(34-37)16-4-10-40-11-5-16)36(20)14-21(38)32-19-13-17(26(28,29)30)18(27)12-15(19)2/h4,12-13,31H,3,5-11,14H2,1-2H3,(H,32,38). The number of fused-ring (bicyclic) bond motifs is 1. The molecule has 214 valence electrons. The van der Waals surface area contributed by atoms with Crippen LogP contribution in [0.5, 0.6) is 0 Å². The third-order valence-corrected chi connectivity index (χ3v) is 7.35. The van der Waals surface area contributed by atoms with Gasteiger partial charge in [0.25, 0.3) is 5.56 Å². The largest absolute Gasteiger partial charge is 0.417 e. The van der Waals surface area contributed by atoms with E-state index in [9.17, 15) is 22.8 Å². The summed E-state index contributed by atoms with van der Waals surface area (Å²) in [6.07, 6.45) is -1.83. The molecule has 0 radical (unpaired) electrons. The first-order chi connectivity index (χ1) is 19.1. The maximum atomic E-state index is 13.8. The number of halogens is 4. The van der Waals surface area contributed by atoms with Gasteiger partial charge in [-0.05, 0) is 43.0 Å². The van der Waals surface area contributed by atoms with E-state index in [1.54, 1.807) is 11.5 Å². The minimum absolute atomic E-state index is 0.00585. The number of carbonyl (C=O) groups is 1. The van der Waals surface area contributed by atoms with E-state index < -0.39 is 22.7 Å². The Morgan fingerprint density at radius 3 is 2.65 bits per heavy atom. The molecule has 2 aliphatic heterocycles. The first-order valence-corrected chi connectivity index (χ1v) is 13.4. The number of amides is 1. The lowest BCUT2D eigenvalue weighted by atomic mass is 10.1. The second-order valence-electron chi connectivity index (χ2n) is 9.67. The van der Waals surface area contributed by atoms with Gasteiger partial charge in [0.15, 0.2) is 5.82 Å². The van der Waals surface area contributed by atoms with Crippen LogP contribution in [-0.4, -0.2) is 64.5 Å². The van der Waals surface area contributed by atoms with E-state index >= 15 is 0 Å². The highest BCUT2D eigenvalue weighted by Crippen LogP contribution is 2.37. The zero-order chi connectivity index (χ0) is 28.6. The first-order valence-electron chi connectivity index (χ1n) is 13.0. The Morgan fingerprint density at radius 1 is 1.25 bits per heavy atom. The molecule has 0 bridgehead atoms. The average Bonchev–Trinajstić information content (AvgIpc) is 3.38. The number of ether oxygens (including phenoxy) is 1. The number of nitrogens with zero attached hydrogens (tertiary/aromatic N) is 5. The number of anilines is 2. The van der Waals surface area contributed by atoms with E-state index in [0.717, 1.165) is 11.6 Å². The summed E-state index contributed by atoms with van der Waals surface area (Å²) in [6, 6.07) is 2.00. The number of piperazine rings is 1. The summed E-state index contributed by atoms with van der Waals surface area (Å²) in [5.74, 6) is -0.0283. The van der Waals surface area contributed by atoms with E-state index in [2.05, 4.69) is 20.7 Å². The number of aromatic nitrogens is 4. The highest BCUT2D eigenvalue weighted by molar-refractivity contribution is 6.31. The molecule has 1 aromatic carbocycles. The van der Waals surface area contributed by atoms with Crippen LogP contribution < -0.4 is 21.1 Å². The number of nitrogens with one attached hydrogen (secondary N) is 2. The number of benzene rings is 1. The van der Waals surface area contributed by atoms with Gasteiger partial charge >= 0.3 is 6.18 Å². The second kappa shape index (κ2) is 11.2. The van der Waals surface area contributed by atoms with Crippen molar-refractivity contribution in [3.8, 4) is 0 Å². The normalized spacial score (nSPS) is 16.4. The Balaban J connectivity index is 1.59. The Labute approximate surface area is 232 Å². The number of rotatable bonds is 6. The molecule has 1 saturated heterocycles. The van der Waals surface area contributed by atoms with Gasteiger partial charge in [-0.2, -0.15) is 22.7 Å². The molecule has 4 heterocycles. The molecular formula is C26H29ClF3N7O3. The summed E-state index contributed by atoms with van der Waals surface area (Å²) < 4.78 is 48.6. The fourth-order valence-electron chi connectivity index (χ4n) is 5.04. The molecule has 1 amide bonds. The molecule has 0 unspecified atom stereocenters. The van der Waals surface area contributed by atoms with Crippen molar-refractivity contribution in [3.05, 3.63) is 56.2 Å². The lowest BCUT2D eigenvalue weighted by Crippen LogP contribution is -2.47. The molecule has 0 atom stereocenters. The van der Waals surface area contributed by atoms with Crippen molar-refractivity contribution < 1.29 is 22.7 Å². The molecule has 0 spiro atoms. The number of carbonyl (C=O) groups excluding carboxylic acids is 1. The molecule has 0 aliphatic carbocycles. The van der Waals surface area contributed by atoms with Crippen LogP contribution in [0.3, 0.4) is 0 Å². The summed E-state index contributed by atoms with van der Waals surface area (Å²) in [5, 5.41) is 9.93. The van der Waals surface area contributed by atoms with Gasteiger partial charge in [-0.25, -0.2) is 0 Å². The van der Waals surface area contributed by atoms with Gasteiger partial charge in [-0.15, -0.1) is 5.10 Å². The molecule has 2 aliphatic rings. The second-order valence-corrected chi connectivity index (χ2v) is 10.1. The van der Waals surface area contributed by atoms with Gasteiger partial charge in [0, 0.05) is 31.9 Å². The van der Waals surface area contributed by atoms with Gasteiger partial charge in [0.05, 0.1) is 29.5 Å². The molecule has 5 rings (SSSR count). The van der Waals surface area contributed by atoms with Crippen molar-refractivity contribution in [1.29, 1.82) is 0 Å². The van der Waals surface area contributed by atoms with Crippen molar-refractivity contribution in [2.75, 3.05) is 49.6 Å². The predicted octanol–water partition coefficient (Wildman–Crippen LogP) is 3.29. The van der Waals surface area contributed by atoms with Crippen molar-refractivity contribution in [2.45, 2.75) is 39.4 Å². The van der Waals surface area contributed by atoms with Crippen molar-refractivity contribution in [2.24, 2.45) is 0 Å². The van der Waals surface area contributed by atoms with Crippen molar-refractivity contribution in [1.82, 2.24) is 24.5 Å². The summed E-state index contributed by atoms with van der Waals surface area (Å²) >= 11 is 5.82. The third-order valence-electron chi connectivity index (χ3n) is 7.04. The fourth-order valence-corrected chi connectivity index (χ4v) is 5.37. The van der Waals surface area contributed by atoms with E-state index in [-0.39, 0.29) is 23.6 Å². The van der Waals surface area contributed by atoms with Crippen molar-refractivity contribution >= 4 is 40.2 Å². The Kier molecular flexibility index (Phi) is 7.89. The predicted molar refractivity (Wildman–Crippen MR) is 145 cm³/mol. The van der Waals surface area contributed by atoms with E-state index in [4.69, 9.17) is 16.3 Å². The quantitative estimate of drug-likeness (QED) is 0.462. The Bertz CT molecular complexity index is 1540. The highest BCUT2D eigenvalue weighted by atomic mass is 35.5. The summed E-state index contributed by atoms with van der Waals surface area (Å²) in [5.41, 5.74) is 0.868. The maximum Gasteiger partial charge on any atom is 0.417 e. The maximum absolute atomic E-state index is 13.8. The van der Waals surface area contributed by atoms with Crippen LogP contribution in [0.1, 0.15) is 36.0 Å². The van der Waals surface area contributed by atoms with Crippen LogP contribution in [0, 0.1) is 6.92 Å². The minimum atomic E-state index is -4.68. The molecule has 2 N–H and O–H groups in total. The average molecular weight is 580 g/mol. The number of hydrogen-bond donors (Lipinski definition) is 2. The van der Waals surface area contributed by atoms with E-state index in [1.807, 2.05) is 17.9 Å². The third kappa shape index (κ3) is 5.45. The van der Waals surface area contributed by atoms with Crippen LogP contribution >= 0.6 is 11.6 Å². The monoisotopic (exact) mass is 579 g/mol. The Hall–Kier alpha value is -3.42. The molecule has 0 saturated carbocycles. The number of alkyl halides is 3. The van der Waals surface area contributed by atoms with Gasteiger partial charge in [0.2, 0.25) is 11.7 Å². The lowest BCUT2D eigenvalue weighted by Gasteiger charge is -2.31. The summed E-state index contributed by atoms with van der Waals surface area (Å²) in [7, 11) is 0. The number of aryl methyl sites for hydroxylation is 1. The zero-order valence-corrected chi connectivity index (χ0v) is 22.8. The minimum Gasteiger partial charge on any atom is -0.377 e. The highest BCUT2D eigenvalue weighted by Gasteiger charge is 2.34. The zero-order valence-electron chi connectivity index (χ0n) is 22.1. The Morgan fingerprint density at radius 2 is 2.00 bits per heavy atom. The van der Waals surface area contributed by atoms with Gasteiger partial charge in [-0.3, -0.25) is 9.59 Å². The molecule has 1 fully saturated rings. The van der Waals surface area contributed by atoms with Crippen LogP contribution in [0.15, 0.2) is 23.0 Å². The SMILES string of the molecule is CCc1c(N2CCNCC2)c(=O)n2nc(C3=CCOCC3)nc2n1CC(=O)Nc1cc(C(F)(F)F)c(Cl)cc1C. The van der Waals surface area contributed by atoms with Gasteiger partial charge < -0.3 is 24.8 Å².